The second kappa shape index (κ2) is 8.42. The molecule has 0 radical (unpaired) electrons. The summed E-state index contributed by atoms with van der Waals surface area (Å²) in [4.78, 5) is 21.9. The summed E-state index contributed by atoms with van der Waals surface area (Å²) in [5.74, 6) is -2.07. The van der Waals surface area contributed by atoms with Crippen LogP contribution in [0.25, 0.3) is 0 Å². The standard InChI is InChI=1S/C16H23NO4/c1-3-4-12-5-7-13(8-6-12)9-10-14(16(20)21)17-11(2)15(18)19/h5-8,11,14,17H,3-4,9-10H2,1-2H3,(H,18,19)(H,20,21)/t11-,14?/m1/s1. The molecular formula is C16H23NO4. The van der Waals surface area contributed by atoms with Gasteiger partial charge in [-0.25, -0.2) is 0 Å². The Kier molecular flexibility index (Phi) is 6.88. The van der Waals surface area contributed by atoms with E-state index >= 15 is 0 Å². The van der Waals surface area contributed by atoms with E-state index in [9.17, 15) is 9.59 Å². The minimum atomic E-state index is -1.05. The summed E-state index contributed by atoms with van der Waals surface area (Å²) in [5, 5.41) is 20.6. The summed E-state index contributed by atoms with van der Waals surface area (Å²) in [6.45, 7) is 3.57. The number of nitrogens with one attached hydrogen (secondary N) is 1. The zero-order valence-corrected chi connectivity index (χ0v) is 12.5. The number of carbonyl (C=O) groups is 2. The lowest BCUT2D eigenvalue weighted by molar-refractivity contribution is -0.142. The normalized spacial score (nSPS) is 13.6. The Morgan fingerprint density at radius 1 is 1.05 bits per heavy atom. The zero-order valence-electron chi connectivity index (χ0n) is 12.5. The van der Waals surface area contributed by atoms with Gasteiger partial charge in [-0.2, -0.15) is 0 Å². The van der Waals surface area contributed by atoms with E-state index < -0.39 is 24.0 Å². The first-order chi connectivity index (χ1) is 9.93. The molecule has 0 saturated carbocycles. The highest BCUT2D eigenvalue weighted by Gasteiger charge is 2.22. The molecule has 5 nitrogen and oxygen atoms in total. The number of carboxylic acids is 2. The van der Waals surface area contributed by atoms with Gasteiger partial charge in [0.25, 0.3) is 0 Å². The van der Waals surface area contributed by atoms with Gasteiger partial charge in [0, 0.05) is 0 Å². The molecule has 1 unspecified atom stereocenters. The molecule has 0 aromatic heterocycles. The Balaban J connectivity index is 2.56. The Morgan fingerprint density at radius 2 is 1.57 bits per heavy atom. The highest BCUT2D eigenvalue weighted by atomic mass is 16.4. The molecule has 5 heteroatoms. The van der Waals surface area contributed by atoms with Gasteiger partial charge in [-0.05, 0) is 37.3 Å². The molecule has 1 rings (SSSR count). The van der Waals surface area contributed by atoms with E-state index in [1.54, 1.807) is 0 Å². The molecule has 3 N–H and O–H groups in total. The maximum atomic E-state index is 11.2. The number of hydrogen-bond acceptors (Lipinski definition) is 3. The van der Waals surface area contributed by atoms with Crippen LogP contribution in [0.4, 0.5) is 0 Å². The molecule has 0 amide bonds. The molecule has 21 heavy (non-hydrogen) atoms. The summed E-state index contributed by atoms with van der Waals surface area (Å²) in [7, 11) is 0. The van der Waals surface area contributed by atoms with E-state index in [4.69, 9.17) is 10.2 Å². The van der Waals surface area contributed by atoms with Crippen molar-refractivity contribution >= 4 is 11.9 Å². The first-order valence-electron chi connectivity index (χ1n) is 7.23. The van der Waals surface area contributed by atoms with E-state index in [2.05, 4.69) is 24.4 Å². The maximum Gasteiger partial charge on any atom is 0.320 e. The lowest BCUT2D eigenvalue weighted by Gasteiger charge is -2.17. The SMILES string of the molecule is CCCc1ccc(CCC(N[C@H](C)C(=O)O)C(=O)O)cc1. The largest absolute Gasteiger partial charge is 0.480 e. The summed E-state index contributed by atoms with van der Waals surface area (Å²) in [6, 6.07) is 6.39. The highest BCUT2D eigenvalue weighted by Crippen LogP contribution is 2.10. The number of rotatable bonds is 9. The molecular weight excluding hydrogens is 270 g/mol. The van der Waals surface area contributed by atoms with Gasteiger partial charge in [0.1, 0.15) is 12.1 Å². The molecule has 0 aliphatic carbocycles. The summed E-state index contributed by atoms with van der Waals surface area (Å²) in [6.07, 6.45) is 3.09. The van der Waals surface area contributed by atoms with Crippen LogP contribution in [0.1, 0.15) is 37.8 Å². The van der Waals surface area contributed by atoms with Gasteiger partial charge in [0.15, 0.2) is 0 Å². The second-order valence-corrected chi connectivity index (χ2v) is 5.22. The predicted octanol–water partition coefficient (Wildman–Crippen LogP) is 2.09. The van der Waals surface area contributed by atoms with Crippen molar-refractivity contribution in [1.82, 2.24) is 5.32 Å². The number of aliphatic carboxylic acids is 2. The lowest BCUT2D eigenvalue weighted by atomic mass is 10.0. The Hall–Kier alpha value is -1.88. The van der Waals surface area contributed by atoms with Crippen LogP contribution in [0.2, 0.25) is 0 Å². The fourth-order valence-corrected chi connectivity index (χ4v) is 2.12. The average Bonchev–Trinajstić information content (AvgIpc) is 2.44. The van der Waals surface area contributed by atoms with E-state index in [0.717, 1.165) is 18.4 Å². The first kappa shape index (κ1) is 17.2. The third-order valence-corrected chi connectivity index (χ3v) is 3.40. The second-order valence-electron chi connectivity index (χ2n) is 5.22. The Morgan fingerprint density at radius 3 is 2.00 bits per heavy atom. The van der Waals surface area contributed by atoms with Crippen LogP contribution >= 0.6 is 0 Å². The van der Waals surface area contributed by atoms with Crippen molar-refractivity contribution in [3.63, 3.8) is 0 Å². The molecule has 0 bridgehead atoms. The van der Waals surface area contributed by atoms with Crippen molar-refractivity contribution in [2.24, 2.45) is 0 Å². The van der Waals surface area contributed by atoms with Crippen molar-refractivity contribution in [2.75, 3.05) is 0 Å². The van der Waals surface area contributed by atoms with Gasteiger partial charge in [-0.3, -0.25) is 14.9 Å². The quantitative estimate of drug-likeness (QED) is 0.649. The number of hydrogen-bond donors (Lipinski definition) is 3. The minimum Gasteiger partial charge on any atom is -0.480 e. The van der Waals surface area contributed by atoms with E-state index in [1.165, 1.54) is 12.5 Å². The minimum absolute atomic E-state index is 0.361. The molecule has 1 aromatic rings. The van der Waals surface area contributed by atoms with E-state index in [0.29, 0.717) is 12.8 Å². The Labute approximate surface area is 125 Å². The van der Waals surface area contributed by atoms with Gasteiger partial charge < -0.3 is 10.2 Å². The van der Waals surface area contributed by atoms with Crippen LogP contribution in [0.3, 0.4) is 0 Å². The molecule has 0 heterocycles. The molecule has 2 atom stereocenters. The predicted molar refractivity (Wildman–Crippen MR) is 80.4 cm³/mol. The van der Waals surface area contributed by atoms with Gasteiger partial charge in [-0.15, -0.1) is 0 Å². The first-order valence-corrected chi connectivity index (χ1v) is 7.23. The van der Waals surface area contributed by atoms with Crippen molar-refractivity contribution in [2.45, 2.75) is 51.6 Å². The molecule has 0 aliphatic rings. The van der Waals surface area contributed by atoms with Crippen LogP contribution in [0.15, 0.2) is 24.3 Å². The molecule has 1 aromatic carbocycles. The van der Waals surface area contributed by atoms with Crippen molar-refractivity contribution in [1.29, 1.82) is 0 Å². The number of carboxylic acid groups (broad SMARTS) is 2. The van der Waals surface area contributed by atoms with Gasteiger partial charge >= 0.3 is 11.9 Å². The lowest BCUT2D eigenvalue weighted by Crippen LogP contribution is -2.45. The Bertz CT molecular complexity index is 470. The third-order valence-electron chi connectivity index (χ3n) is 3.40. The zero-order chi connectivity index (χ0) is 15.8. The summed E-state index contributed by atoms with van der Waals surface area (Å²) >= 11 is 0. The molecule has 0 aliphatic heterocycles. The number of aryl methyl sites for hydroxylation is 2. The smallest absolute Gasteiger partial charge is 0.320 e. The fourth-order valence-electron chi connectivity index (χ4n) is 2.12. The van der Waals surface area contributed by atoms with Crippen molar-refractivity contribution in [3.05, 3.63) is 35.4 Å². The van der Waals surface area contributed by atoms with Crippen LogP contribution in [0.5, 0.6) is 0 Å². The highest BCUT2D eigenvalue weighted by molar-refractivity contribution is 5.77. The van der Waals surface area contributed by atoms with Crippen molar-refractivity contribution in [3.8, 4) is 0 Å². The van der Waals surface area contributed by atoms with Gasteiger partial charge in [0.05, 0.1) is 0 Å². The maximum absolute atomic E-state index is 11.2. The van der Waals surface area contributed by atoms with Gasteiger partial charge in [-0.1, -0.05) is 37.6 Å². The van der Waals surface area contributed by atoms with Crippen LogP contribution in [0, 0.1) is 0 Å². The number of benzene rings is 1. The van der Waals surface area contributed by atoms with Crippen molar-refractivity contribution < 1.29 is 19.8 Å². The molecule has 116 valence electrons. The summed E-state index contributed by atoms with van der Waals surface area (Å²) in [5.41, 5.74) is 2.33. The fraction of sp³-hybridized carbons (Fsp3) is 0.500. The molecule has 0 fully saturated rings. The van der Waals surface area contributed by atoms with E-state index in [1.807, 2.05) is 12.1 Å². The van der Waals surface area contributed by atoms with Crippen LogP contribution in [-0.4, -0.2) is 34.2 Å². The topological polar surface area (TPSA) is 86.6 Å². The third kappa shape index (κ3) is 5.95. The van der Waals surface area contributed by atoms with Crippen LogP contribution < -0.4 is 5.32 Å². The summed E-state index contributed by atoms with van der Waals surface area (Å²) < 4.78 is 0. The van der Waals surface area contributed by atoms with E-state index in [-0.39, 0.29) is 0 Å². The molecule has 0 spiro atoms. The monoisotopic (exact) mass is 293 g/mol. The van der Waals surface area contributed by atoms with Crippen LogP contribution in [-0.2, 0) is 22.4 Å². The van der Waals surface area contributed by atoms with Gasteiger partial charge in [0.2, 0.25) is 0 Å². The average molecular weight is 293 g/mol. The molecule has 0 saturated heterocycles.